The topological polar surface area (TPSA) is 68.2 Å². The maximum atomic E-state index is 14.1. The van der Waals surface area contributed by atoms with Crippen molar-refractivity contribution >= 4 is 46.8 Å². The quantitative estimate of drug-likeness (QED) is 0.753. The molecule has 0 aliphatic carbocycles. The lowest BCUT2D eigenvalue weighted by Crippen LogP contribution is -2.38. The highest BCUT2D eigenvalue weighted by atomic mass is 35.5. The van der Waals surface area contributed by atoms with Gasteiger partial charge in [-0.2, -0.15) is 0 Å². The first-order valence-corrected chi connectivity index (χ1v) is 10.4. The number of rotatable bonds is 6. The van der Waals surface area contributed by atoms with Crippen LogP contribution in [0.4, 0.5) is 4.39 Å². The van der Waals surface area contributed by atoms with E-state index in [-0.39, 0.29) is 33.4 Å². The van der Waals surface area contributed by atoms with E-state index in [1.165, 1.54) is 34.9 Å². The first-order valence-electron chi connectivity index (χ1n) is 9.22. The Hall–Kier alpha value is -2.25. The zero-order valence-corrected chi connectivity index (χ0v) is 18.4. The maximum Gasteiger partial charge on any atom is 0.269 e. The fourth-order valence-electron chi connectivity index (χ4n) is 2.37. The van der Waals surface area contributed by atoms with Crippen molar-refractivity contribution in [2.24, 2.45) is 5.41 Å². The maximum absolute atomic E-state index is 14.1. The Morgan fingerprint density at radius 3 is 2.59 bits per heavy atom. The molecule has 1 N–H and O–H groups in total. The van der Waals surface area contributed by atoms with Crippen LogP contribution in [0.1, 0.15) is 39.7 Å². The van der Waals surface area contributed by atoms with Crippen molar-refractivity contribution in [3.63, 3.8) is 0 Å². The van der Waals surface area contributed by atoms with Crippen molar-refractivity contribution in [1.29, 1.82) is 0 Å². The molecule has 0 unspecified atom stereocenters. The second kappa shape index (κ2) is 9.50. The van der Waals surface area contributed by atoms with Crippen LogP contribution in [0.2, 0.25) is 5.02 Å². The van der Waals surface area contributed by atoms with Crippen LogP contribution in [0.25, 0.3) is 12.2 Å². The highest BCUT2D eigenvalue weighted by Crippen LogP contribution is 2.19. The van der Waals surface area contributed by atoms with E-state index in [0.29, 0.717) is 11.2 Å². The van der Waals surface area contributed by atoms with Gasteiger partial charge in [0.2, 0.25) is 5.91 Å². The molecule has 29 heavy (non-hydrogen) atoms. The molecule has 1 heterocycles. The Morgan fingerprint density at radius 2 is 2.00 bits per heavy atom. The van der Waals surface area contributed by atoms with Crippen LogP contribution in [0.5, 0.6) is 0 Å². The van der Waals surface area contributed by atoms with Gasteiger partial charge < -0.3 is 5.32 Å². The van der Waals surface area contributed by atoms with Crippen LogP contribution in [0, 0.1) is 11.2 Å². The van der Waals surface area contributed by atoms with Gasteiger partial charge in [-0.05, 0) is 24.6 Å². The number of benzene rings is 1. The number of halogens is 2. The molecule has 156 valence electrons. The summed E-state index contributed by atoms with van der Waals surface area (Å²) in [7, 11) is 0. The summed E-state index contributed by atoms with van der Waals surface area (Å²) in [5.74, 6) is -1.08. The monoisotopic (exact) mass is 438 g/mol. The number of nitrogens with one attached hydrogen (secondary N) is 1. The van der Waals surface area contributed by atoms with E-state index in [1.54, 1.807) is 20.8 Å². The van der Waals surface area contributed by atoms with Gasteiger partial charge in [-0.1, -0.05) is 45.4 Å². The summed E-state index contributed by atoms with van der Waals surface area (Å²) in [4.78, 5) is 37.6. The largest absolute Gasteiger partial charge is 0.355 e. The number of aromatic nitrogens is 1. The molecule has 0 bridgehead atoms. The molecule has 0 atom stereocenters. The smallest absolute Gasteiger partial charge is 0.269 e. The molecule has 2 aromatic rings. The first-order chi connectivity index (χ1) is 13.5. The molecule has 2 rings (SSSR count). The summed E-state index contributed by atoms with van der Waals surface area (Å²) >= 11 is 7.08. The van der Waals surface area contributed by atoms with Crippen molar-refractivity contribution in [3.05, 3.63) is 54.2 Å². The number of carbonyl (C=O) groups excluding carboxylic acids is 2. The van der Waals surface area contributed by atoms with E-state index >= 15 is 0 Å². The number of hydrogen-bond acceptors (Lipinski definition) is 4. The van der Waals surface area contributed by atoms with E-state index < -0.39 is 16.8 Å². The molecular formula is C21H24ClFN2O3S. The van der Waals surface area contributed by atoms with Gasteiger partial charge in [0.15, 0.2) is 5.78 Å². The van der Waals surface area contributed by atoms with Crippen LogP contribution in [0.3, 0.4) is 0 Å². The van der Waals surface area contributed by atoms with Gasteiger partial charge in [0.05, 0.1) is 9.55 Å². The summed E-state index contributed by atoms with van der Waals surface area (Å²) < 4.78 is 15.9. The Labute approximate surface area is 177 Å². The van der Waals surface area contributed by atoms with Crippen LogP contribution in [-0.4, -0.2) is 22.8 Å². The third kappa shape index (κ3) is 5.87. The fraction of sp³-hybridized carbons (Fsp3) is 0.381. The van der Waals surface area contributed by atoms with E-state index in [9.17, 15) is 18.8 Å². The molecule has 1 amide bonds. The molecule has 1 aromatic carbocycles. The lowest BCUT2D eigenvalue weighted by atomic mass is 9.91. The molecule has 0 aliphatic rings. The summed E-state index contributed by atoms with van der Waals surface area (Å²) in [5, 5.41) is 2.88. The van der Waals surface area contributed by atoms with Crippen molar-refractivity contribution in [2.45, 2.75) is 40.7 Å². The molecule has 0 saturated heterocycles. The Kier molecular flexibility index (Phi) is 7.54. The standard InChI is InChI=1S/C21H24ClFN2O3S/c1-5-9-24-18(27)12-25-19(11-17(26)21(2,3)4)29-16(20(25)28)10-13-14(22)7-6-8-15(13)23/h6-8,10-11H,5,9,12H2,1-4H3,(H,24,27). The predicted molar refractivity (Wildman–Crippen MR) is 115 cm³/mol. The number of thiazole rings is 1. The van der Waals surface area contributed by atoms with Crippen LogP contribution in [0.15, 0.2) is 23.0 Å². The van der Waals surface area contributed by atoms with E-state index in [4.69, 9.17) is 11.6 Å². The van der Waals surface area contributed by atoms with Gasteiger partial charge in [-0.3, -0.25) is 19.0 Å². The second-order valence-electron chi connectivity index (χ2n) is 7.58. The third-order valence-corrected chi connectivity index (χ3v) is 5.47. The van der Waals surface area contributed by atoms with E-state index in [1.807, 2.05) is 6.92 Å². The molecule has 0 fully saturated rings. The van der Waals surface area contributed by atoms with Gasteiger partial charge in [0.25, 0.3) is 5.56 Å². The summed E-state index contributed by atoms with van der Waals surface area (Å²) in [5.41, 5.74) is -1.04. The van der Waals surface area contributed by atoms with Gasteiger partial charge in [-0.15, -0.1) is 11.3 Å². The van der Waals surface area contributed by atoms with Crippen molar-refractivity contribution < 1.29 is 14.0 Å². The predicted octanol–water partition coefficient (Wildman–Crippen LogP) is 2.45. The average molecular weight is 439 g/mol. The zero-order valence-electron chi connectivity index (χ0n) is 16.8. The van der Waals surface area contributed by atoms with E-state index in [0.717, 1.165) is 17.8 Å². The number of amides is 1. The molecule has 0 spiro atoms. The fourth-order valence-corrected chi connectivity index (χ4v) is 3.61. The summed E-state index contributed by atoms with van der Waals surface area (Å²) in [6.07, 6.45) is 3.47. The molecule has 1 aromatic heterocycles. The minimum Gasteiger partial charge on any atom is -0.355 e. The molecule has 0 saturated carbocycles. The highest BCUT2D eigenvalue weighted by molar-refractivity contribution is 7.07. The SMILES string of the molecule is CCCNC(=O)Cn1c(=CC(=O)C(C)(C)C)sc(=Cc2c(F)cccc2Cl)c1=O. The minimum atomic E-state index is -0.645. The summed E-state index contributed by atoms with van der Waals surface area (Å²) in [6.45, 7) is 7.48. The molecule has 0 aliphatic heterocycles. The lowest BCUT2D eigenvalue weighted by molar-refractivity contribution is -0.122. The average Bonchev–Trinajstić information content (AvgIpc) is 2.91. The normalized spacial score (nSPS) is 13.0. The van der Waals surface area contributed by atoms with Crippen molar-refractivity contribution in [3.8, 4) is 0 Å². The molecular weight excluding hydrogens is 415 g/mol. The van der Waals surface area contributed by atoms with Crippen LogP contribution < -0.4 is 20.1 Å². The second-order valence-corrected chi connectivity index (χ2v) is 9.05. The Bertz CT molecular complexity index is 1080. The first kappa shape index (κ1) is 23.0. The number of Topliss-reactive ketones (excluding diaryl/α,β-unsaturated/α-hetero) is 1. The van der Waals surface area contributed by atoms with Gasteiger partial charge in [-0.25, -0.2) is 4.39 Å². The van der Waals surface area contributed by atoms with Crippen molar-refractivity contribution in [2.75, 3.05) is 6.54 Å². The molecule has 0 radical (unpaired) electrons. The number of nitrogens with zero attached hydrogens (tertiary/aromatic N) is 1. The molecule has 5 nitrogen and oxygen atoms in total. The number of ketones is 1. The number of hydrogen-bond donors (Lipinski definition) is 1. The summed E-state index contributed by atoms with van der Waals surface area (Å²) in [6, 6.07) is 4.25. The minimum absolute atomic E-state index is 0.0869. The van der Waals surface area contributed by atoms with Gasteiger partial charge in [0.1, 0.15) is 17.0 Å². The van der Waals surface area contributed by atoms with Crippen LogP contribution >= 0.6 is 22.9 Å². The van der Waals surface area contributed by atoms with Crippen LogP contribution in [-0.2, 0) is 16.1 Å². The lowest BCUT2D eigenvalue weighted by Gasteiger charge is -2.12. The van der Waals surface area contributed by atoms with Gasteiger partial charge >= 0.3 is 0 Å². The zero-order chi connectivity index (χ0) is 21.8. The highest BCUT2D eigenvalue weighted by Gasteiger charge is 2.20. The number of carbonyl (C=O) groups is 2. The van der Waals surface area contributed by atoms with Gasteiger partial charge in [0, 0.05) is 23.6 Å². The third-order valence-electron chi connectivity index (χ3n) is 4.08. The Morgan fingerprint density at radius 1 is 1.31 bits per heavy atom. The Balaban J connectivity index is 2.67. The van der Waals surface area contributed by atoms with Crippen molar-refractivity contribution in [1.82, 2.24) is 9.88 Å². The van der Waals surface area contributed by atoms with E-state index in [2.05, 4.69) is 5.32 Å². The molecule has 8 heteroatoms.